The van der Waals surface area contributed by atoms with E-state index in [1.165, 1.54) is 0 Å². The first-order valence-electron chi connectivity index (χ1n) is 3.69. The summed E-state index contributed by atoms with van der Waals surface area (Å²) in [7, 11) is 0. The van der Waals surface area contributed by atoms with E-state index in [0.29, 0.717) is 5.75 Å². The van der Waals surface area contributed by atoms with Crippen LogP contribution >= 0.6 is 12.4 Å². The molecule has 0 radical (unpaired) electrons. The molecule has 13 heavy (non-hydrogen) atoms. The first-order chi connectivity index (χ1) is 5.86. The number of rotatable bonds is 0. The molecule has 0 unspecified atom stereocenters. The third-order valence-electron chi connectivity index (χ3n) is 1.66. The standard InChI is InChI=1S/C10H8O2.ClH/c11-9-5-4-8-3-1-2-6-12-10(8)7-9;/h1-7,11H;1H. The van der Waals surface area contributed by atoms with Gasteiger partial charge in [0.15, 0.2) is 0 Å². The van der Waals surface area contributed by atoms with E-state index >= 15 is 0 Å². The Labute approximate surface area is 82.6 Å². The van der Waals surface area contributed by atoms with Gasteiger partial charge in [-0.3, -0.25) is 0 Å². The molecule has 0 fully saturated rings. The predicted molar refractivity (Wildman–Crippen MR) is 54.2 cm³/mol. The Balaban J connectivity index is 0.000000845. The van der Waals surface area contributed by atoms with Gasteiger partial charge in [0.05, 0.1) is 6.26 Å². The van der Waals surface area contributed by atoms with Gasteiger partial charge in [0.2, 0.25) is 0 Å². The monoisotopic (exact) mass is 196 g/mol. The van der Waals surface area contributed by atoms with Crippen LogP contribution in [0.5, 0.6) is 11.5 Å². The van der Waals surface area contributed by atoms with Gasteiger partial charge in [-0.25, -0.2) is 0 Å². The average molecular weight is 197 g/mol. The first kappa shape index (κ1) is 9.68. The van der Waals surface area contributed by atoms with Crippen molar-refractivity contribution in [3.05, 3.63) is 42.2 Å². The molecule has 1 aromatic rings. The number of hydrogen-bond donors (Lipinski definition) is 1. The van der Waals surface area contributed by atoms with Crippen LogP contribution in [-0.4, -0.2) is 5.11 Å². The van der Waals surface area contributed by atoms with Gasteiger partial charge in [-0.1, -0.05) is 12.2 Å². The topological polar surface area (TPSA) is 29.5 Å². The van der Waals surface area contributed by atoms with E-state index in [1.54, 1.807) is 24.5 Å². The number of halogens is 1. The van der Waals surface area contributed by atoms with E-state index in [0.717, 1.165) is 5.56 Å². The van der Waals surface area contributed by atoms with Crippen LogP contribution in [0, 0.1) is 0 Å². The molecule has 3 heteroatoms. The number of benzene rings is 1. The number of aromatic hydroxyl groups is 1. The zero-order valence-electron chi connectivity index (χ0n) is 6.81. The van der Waals surface area contributed by atoms with Gasteiger partial charge < -0.3 is 9.84 Å². The van der Waals surface area contributed by atoms with Crippen molar-refractivity contribution in [2.75, 3.05) is 0 Å². The molecule has 0 atom stereocenters. The van der Waals surface area contributed by atoms with Crippen molar-refractivity contribution in [3.8, 4) is 11.5 Å². The maximum Gasteiger partial charge on any atom is 0.137 e. The number of fused-ring (bicyclic) bond motifs is 1. The fourth-order valence-electron chi connectivity index (χ4n) is 1.08. The lowest BCUT2D eigenvalue weighted by Gasteiger charge is -2.03. The van der Waals surface area contributed by atoms with E-state index in [9.17, 15) is 0 Å². The highest BCUT2D eigenvalue weighted by Crippen LogP contribution is 2.26. The number of ether oxygens (including phenoxy) is 1. The van der Waals surface area contributed by atoms with Crippen molar-refractivity contribution >= 4 is 18.5 Å². The Morgan fingerprint density at radius 1 is 1.15 bits per heavy atom. The minimum absolute atomic E-state index is 0. The van der Waals surface area contributed by atoms with E-state index in [-0.39, 0.29) is 18.2 Å². The molecule has 1 N–H and O–H groups in total. The summed E-state index contributed by atoms with van der Waals surface area (Å²) in [5, 5.41) is 9.15. The van der Waals surface area contributed by atoms with E-state index < -0.39 is 0 Å². The van der Waals surface area contributed by atoms with Crippen LogP contribution in [0.1, 0.15) is 5.56 Å². The number of allylic oxidation sites excluding steroid dienone is 2. The fourth-order valence-corrected chi connectivity index (χ4v) is 1.08. The Morgan fingerprint density at radius 2 is 2.00 bits per heavy atom. The fraction of sp³-hybridized carbons (Fsp3) is 0. The molecule has 1 aliphatic heterocycles. The van der Waals surface area contributed by atoms with Gasteiger partial charge in [0.1, 0.15) is 11.5 Å². The lowest BCUT2D eigenvalue weighted by atomic mass is 10.2. The molecule has 68 valence electrons. The SMILES string of the molecule is Cl.Oc1ccc2c(c1)OC=CC=C2. The van der Waals surface area contributed by atoms with Crippen LogP contribution in [0.3, 0.4) is 0 Å². The normalized spacial score (nSPS) is 12.3. The van der Waals surface area contributed by atoms with E-state index in [1.807, 2.05) is 18.2 Å². The third kappa shape index (κ3) is 2.04. The average Bonchev–Trinajstić information content (AvgIpc) is 2.28. The lowest BCUT2D eigenvalue weighted by Crippen LogP contribution is -1.83. The van der Waals surface area contributed by atoms with Crippen LogP contribution in [0.15, 0.2) is 36.6 Å². The van der Waals surface area contributed by atoms with Crippen LogP contribution in [0.25, 0.3) is 6.08 Å². The minimum Gasteiger partial charge on any atom is -0.508 e. The van der Waals surface area contributed by atoms with Crippen molar-refractivity contribution in [2.45, 2.75) is 0 Å². The highest BCUT2D eigenvalue weighted by Gasteiger charge is 2.02. The maximum atomic E-state index is 9.15. The van der Waals surface area contributed by atoms with E-state index in [4.69, 9.17) is 9.84 Å². The molecule has 0 bridgehead atoms. The first-order valence-corrected chi connectivity index (χ1v) is 3.69. The van der Waals surface area contributed by atoms with Crippen molar-refractivity contribution in [1.29, 1.82) is 0 Å². The number of hydrogen-bond acceptors (Lipinski definition) is 2. The Kier molecular flexibility index (Phi) is 2.98. The molecule has 1 heterocycles. The third-order valence-corrected chi connectivity index (χ3v) is 1.66. The molecule has 0 aromatic heterocycles. The summed E-state index contributed by atoms with van der Waals surface area (Å²) >= 11 is 0. The maximum absolute atomic E-state index is 9.15. The second-order valence-electron chi connectivity index (χ2n) is 2.53. The molecular weight excluding hydrogens is 188 g/mol. The molecule has 0 saturated carbocycles. The molecule has 0 amide bonds. The summed E-state index contributed by atoms with van der Waals surface area (Å²) < 4.78 is 5.23. The van der Waals surface area contributed by atoms with Gasteiger partial charge in [0.25, 0.3) is 0 Å². The molecule has 1 aromatic carbocycles. The number of phenols is 1. The van der Waals surface area contributed by atoms with Crippen LogP contribution in [0.2, 0.25) is 0 Å². The smallest absolute Gasteiger partial charge is 0.137 e. The number of phenolic OH excluding ortho intramolecular Hbond substituents is 1. The van der Waals surface area contributed by atoms with Gasteiger partial charge in [-0.2, -0.15) is 0 Å². The molecule has 2 nitrogen and oxygen atoms in total. The summed E-state index contributed by atoms with van der Waals surface area (Å²) in [6, 6.07) is 5.04. The Morgan fingerprint density at radius 3 is 2.85 bits per heavy atom. The molecule has 0 saturated heterocycles. The zero-order chi connectivity index (χ0) is 8.39. The van der Waals surface area contributed by atoms with E-state index in [2.05, 4.69) is 0 Å². The Hall–Kier alpha value is -1.41. The lowest BCUT2D eigenvalue weighted by molar-refractivity contribution is 0.454. The van der Waals surface area contributed by atoms with Crippen LogP contribution < -0.4 is 4.74 Å². The minimum atomic E-state index is 0. The highest BCUT2D eigenvalue weighted by atomic mass is 35.5. The van der Waals surface area contributed by atoms with Crippen molar-refractivity contribution in [1.82, 2.24) is 0 Å². The summed E-state index contributed by atoms with van der Waals surface area (Å²) in [5.41, 5.74) is 0.970. The van der Waals surface area contributed by atoms with Gasteiger partial charge >= 0.3 is 0 Å². The van der Waals surface area contributed by atoms with Gasteiger partial charge in [-0.15, -0.1) is 12.4 Å². The summed E-state index contributed by atoms with van der Waals surface area (Å²) in [5.74, 6) is 0.900. The van der Waals surface area contributed by atoms with Crippen LogP contribution in [0.4, 0.5) is 0 Å². The quantitative estimate of drug-likeness (QED) is 0.692. The molecular formula is C10H9ClO2. The largest absolute Gasteiger partial charge is 0.508 e. The second-order valence-corrected chi connectivity index (χ2v) is 2.53. The van der Waals surface area contributed by atoms with Gasteiger partial charge in [-0.05, 0) is 18.2 Å². The summed E-state index contributed by atoms with van der Waals surface area (Å²) in [4.78, 5) is 0. The van der Waals surface area contributed by atoms with Crippen LogP contribution in [-0.2, 0) is 0 Å². The second kappa shape index (κ2) is 4.01. The molecule has 2 rings (SSSR count). The van der Waals surface area contributed by atoms with Crippen molar-refractivity contribution in [3.63, 3.8) is 0 Å². The predicted octanol–water partition coefficient (Wildman–Crippen LogP) is 2.73. The highest BCUT2D eigenvalue weighted by molar-refractivity contribution is 5.85. The Bertz CT molecular complexity index is 356. The van der Waals surface area contributed by atoms with Crippen molar-refractivity contribution < 1.29 is 9.84 Å². The zero-order valence-corrected chi connectivity index (χ0v) is 7.62. The van der Waals surface area contributed by atoms with Crippen molar-refractivity contribution in [2.24, 2.45) is 0 Å². The molecule has 0 spiro atoms. The molecule has 0 aliphatic carbocycles. The summed E-state index contributed by atoms with van der Waals surface area (Å²) in [6.07, 6.45) is 7.21. The van der Waals surface area contributed by atoms with Gasteiger partial charge in [0, 0.05) is 11.6 Å². The summed E-state index contributed by atoms with van der Waals surface area (Å²) in [6.45, 7) is 0. The molecule has 1 aliphatic rings.